The molecular weight excluding hydrogens is 316 g/mol. The number of nitrogens with one attached hydrogen (secondary N) is 2. The molecule has 0 saturated carbocycles. The third-order valence-corrected chi connectivity index (χ3v) is 3.40. The van der Waals surface area contributed by atoms with Crippen molar-refractivity contribution in [2.24, 2.45) is 0 Å². The number of hydrogen-bond donors (Lipinski definition) is 4. The monoisotopic (exact) mass is 334 g/mol. The second-order valence-electron chi connectivity index (χ2n) is 5.51. The van der Waals surface area contributed by atoms with E-state index < -0.39 is 0 Å². The van der Waals surface area contributed by atoms with Gasteiger partial charge in [-0.25, -0.2) is 4.98 Å². The lowest BCUT2D eigenvalue weighted by Crippen LogP contribution is -2.05. The molecule has 1 amide bonds. The highest BCUT2D eigenvalue weighted by atomic mass is 16.1. The number of amides is 1. The summed E-state index contributed by atoms with van der Waals surface area (Å²) >= 11 is 0. The van der Waals surface area contributed by atoms with Crippen molar-refractivity contribution < 1.29 is 4.79 Å². The van der Waals surface area contributed by atoms with Crippen molar-refractivity contribution in [3.63, 3.8) is 0 Å². The van der Waals surface area contributed by atoms with Crippen LogP contribution in [0, 0.1) is 0 Å². The predicted molar refractivity (Wildman–Crippen MR) is 100 cm³/mol. The number of aromatic nitrogens is 2. The fourth-order valence-corrected chi connectivity index (χ4v) is 2.36. The first kappa shape index (κ1) is 16.3. The summed E-state index contributed by atoms with van der Waals surface area (Å²) in [5, 5.41) is 5.89. The Bertz CT molecular complexity index is 908. The maximum Gasteiger partial charge on any atom is 0.222 e. The molecule has 0 bridgehead atoms. The van der Waals surface area contributed by atoms with Gasteiger partial charge >= 0.3 is 0 Å². The van der Waals surface area contributed by atoms with Crippen LogP contribution in [0.15, 0.2) is 54.6 Å². The number of benzene rings is 2. The molecule has 1 aromatic heterocycles. The summed E-state index contributed by atoms with van der Waals surface area (Å²) in [7, 11) is 0. The van der Waals surface area contributed by atoms with E-state index in [0.717, 1.165) is 16.9 Å². The molecule has 0 atom stereocenters. The molecule has 2 aromatic carbocycles. The van der Waals surface area contributed by atoms with Gasteiger partial charge in [-0.15, -0.1) is 0 Å². The summed E-state index contributed by atoms with van der Waals surface area (Å²) in [6.07, 6.45) is 0. The number of rotatable bonds is 4. The Hall–Kier alpha value is -3.61. The Morgan fingerprint density at radius 1 is 0.960 bits per heavy atom. The number of nitrogens with zero attached hydrogens (tertiary/aromatic N) is 2. The zero-order chi connectivity index (χ0) is 17.8. The second kappa shape index (κ2) is 6.88. The molecule has 0 unspecified atom stereocenters. The van der Waals surface area contributed by atoms with Crippen molar-refractivity contribution in [1.29, 1.82) is 0 Å². The lowest BCUT2D eigenvalue weighted by molar-refractivity contribution is -0.114. The van der Waals surface area contributed by atoms with Crippen LogP contribution in [-0.4, -0.2) is 15.9 Å². The van der Waals surface area contributed by atoms with Gasteiger partial charge in [0.1, 0.15) is 5.82 Å². The summed E-state index contributed by atoms with van der Waals surface area (Å²) in [6, 6.07) is 16.5. The minimum absolute atomic E-state index is 0.115. The highest BCUT2D eigenvalue weighted by Gasteiger charge is 2.06. The number of nitrogen functional groups attached to an aromatic ring is 2. The third kappa shape index (κ3) is 4.23. The molecule has 3 rings (SSSR count). The van der Waals surface area contributed by atoms with E-state index in [-0.39, 0.29) is 11.9 Å². The van der Waals surface area contributed by atoms with Crippen molar-refractivity contribution in [3.8, 4) is 11.3 Å². The molecule has 1 heterocycles. The fourth-order valence-electron chi connectivity index (χ4n) is 2.36. The normalized spacial score (nSPS) is 10.3. The van der Waals surface area contributed by atoms with Crippen molar-refractivity contribution in [2.75, 3.05) is 22.1 Å². The molecule has 0 aliphatic carbocycles. The molecule has 126 valence electrons. The number of anilines is 5. The zero-order valence-electron chi connectivity index (χ0n) is 13.7. The highest BCUT2D eigenvalue weighted by molar-refractivity contribution is 5.88. The molecular formula is C18H18N6O. The Morgan fingerprint density at radius 3 is 2.36 bits per heavy atom. The van der Waals surface area contributed by atoms with Crippen molar-refractivity contribution in [2.45, 2.75) is 6.92 Å². The van der Waals surface area contributed by atoms with Gasteiger partial charge in [0.2, 0.25) is 11.9 Å². The van der Waals surface area contributed by atoms with Crippen LogP contribution in [0.4, 0.5) is 28.8 Å². The van der Waals surface area contributed by atoms with E-state index in [1.54, 1.807) is 18.2 Å². The van der Waals surface area contributed by atoms with Crippen LogP contribution in [0.1, 0.15) is 6.92 Å². The Balaban J connectivity index is 1.84. The van der Waals surface area contributed by atoms with E-state index in [9.17, 15) is 4.79 Å². The van der Waals surface area contributed by atoms with Crippen molar-refractivity contribution in [1.82, 2.24) is 9.97 Å². The van der Waals surface area contributed by atoms with Crippen molar-refractivity contribution >= 4 is 34.7 Å². The Morgan fingerprint density at radius 2 is 1.68 bits per heavy atom. The first-order valence-corrected chi connectivity index (χ1v) is 7.65. The van der Waals surface area contributed by atoms with Gasteiger partial charge in [-0.3, -0.25) is 4.79 Å². The summed E-state index contributed by atoms with van der Waals surface area (Å²) in [5.74, 6) is 0.616. The molecule has 0 spiro atoms. The molecule has 7 heteroatoms. The minimum atomic E-state index is -0.115. The van der Waals surface area contributed by atoms with E-state index in [2.05, 4.69) is 20.6 Å². The molecule has 6 N–H and O–H groups in total. The molecule has 0 saturated heterocycles. The standard InChI is InChI=1S/C18H18N6O/c1-11(25)21-14-5-7-15(8-6-14)22-17-10-16(23-18(20)24-17)12-3-2-4-13(19)9-12/h2-10H,19H2,1H3,(H,21,25)(H3,20,22,23,24). The average molecular weight is 334 g/mol. The van der Waals surface area contributed by atoms with Crippen LogP contribution in [0.5, 0.6) is 0 Å². The van der Waals surface area contributed by atoms with Gasteiger partial charge in [-0.05, 0) is 36.4 Å². The number of carbonyl (C=O) groups excluding carboxylic acids is 1. The molecule has 0 aliphatic heterocycles. The quantitative estimate of drug-likeness (QED) is 0.545. The maximum absolute atomic E-state index is 11.1. The van der Waals surface area contributed by atoms with E-state index in [1.807, 2.05) is 36.4 Å². The second-order valence-corrected chi connectivity index (χ2v) is 5.51. The minimum Gasteiger partial charge on any atom is -0.399 e. The van der Waals surface area contributed by atoms with Crippen LogP contribution < -0.4 is 22.1 Å². The van der Waals surface area contributed by atoms with Crippen LogP contribution in [0.2, 0.25) is 0 Å². The van der Waals surface area contributed by atoms with Gasteiger partial charge in [0.25, 0.3) is 0 Å². The number of carbonyl (C=O) groups is 1. The number of hydrogen-bond acceptors (Lipinski definition) is 6. The Kier molecular flexibility index (Phi) is 4.47. The van der Waals surface area contributed by atoms with Gasteiger partial charge < -0.3 is 22.1 Å². The first-order valence-electron chi connectivity index (χ1n) is 7.65. The molecule has 25 heavy (non-hydrogen) atoms. The molecule has 0 aliphatic rings. The summed E-state index contributed by atoms with van der Waals surface area (Å²) in [4.78, 5) is 19.5. The SMILES string of the molecule is CC(=O)Nc1ccc(Nc2cc(-c3cccc(N)c3)nc(N)n2)cc1. The van der Waals surface area contributed by atoms with Crippen LogP contribution in [0.25, 0.3) is 11.3 Å². The lowest BCUT2D eigenvalue weighted by atomic mass is 10.1. The van der Waals surface area contributed by atoms with Crippen LogP contribution in [0.3, 0.4) is 0 Å². The van der Waals surface area contributed by atoms with Gasteiger partial charge in [0.15, 0.2) is 0 Å². The van der Waals surface area contributed by atoms with Crippen LogP contribution >= 0.6 is 0 Å². The maximum atomic E-state index is 11.1. The van der Waals surface area contributed by atoms with Gasteiger partial charge in [-0.2, -0.15) is 4.98 Å². The summed E-state index contributed by atoms with van der Waals surface area (Å²) < 4.78 is 0. The topological polar surface area (TPSA) is 119 Å². The van der Waals surface area contributed by atoms with E-state index in [0.29, 0.717) is 17.2 Å². The molecule has 0 fully saturated rings. The predicted octanol–water partition coefficient (Wildman–Crippen LogP) is 3.01. The highest BCUT2D eigenvalue weighted by Crippen LogP contribution is 2.24. The van der Waals surface area contributed by atoms with Crippen molar-refractivity contribution in [3.05, 3.63) is 54.6 Å². The van der Waals surface area contributed by atoms with Gasteiger partial charge in [0, 0.05) is 35.6 Å². The van der Waals surface area contributed by atoms with E-state index >= 15 is 0 Å². The third-order valence-electron chi connectivity index (χ3n) is 3.40. The number of nitrogens with two attached hydrogens (primary N) is 2. The zero-order valence-corrected chi connectivity index (χ0v) is 13.7. The van der Waals surface area contributed by atoms with Crippen LogP contribution in [-0.2, 0) is 4.79 Å². The smallest absolute Gasteiger partial charge is 0.222 e. The Labute approximate surface area is 145 Å². The van der Waals surface area contributed by atoms with Gasteiger partial charge in [-0.1, -0.05) is 12.1 Å². The summed E-state index contributed by atoms with van der Waals surface area (Å²) in [6.45, 7) is 1.47. The molecule has 0 radical (unpaired) electrons. The molecule has 3 aromatic rings. The van der Waals surface area contributed by atoms with Gasteiger partial charge in [0.05, 0.1) is 5.69 Å². The van der Waals surface area contributed by atoms with E-state index in [4.69, 9.17) is 11.5 Å². The molecule has 7 nitrogen and oxygen atoms in total. The largest absolute Gasteiger partial charge is 0.399 e. The summed E-state index contributed by atoms with van der Waals surface area (Å²) in [5.41, 5.74) is 15.4. The fraction of sp³-hybridized carbons (Fsp3) is 0.0556. The van der Waals surface area contributed by atoms with E-state index in [1.165, 1.54) is 6.92 Å². The lowest BCUT2D eigenvalue weighted by Gasteiger charge is -2.10. The first-order chi connectivity index (χ1) is 12.0. The average Bonchev–Trinajstić information content (AvgIpc) is 2.56.